The van der Waals surface area contributed by atoms with Crippen LogP contribution in [0.4, 0.5) is 5.82 Å². The topological polar surface area (TPSA) is 104 Å². The monoisotopic (exact) mass is 579 g/mol. The second kappa shape index (κ2) is 11.7. The molecular formula is C28H26ClN5O3S2. The number of aromatic nitrogens is 2. The van der Waals surface area contributed by atoms with Gasteiger partial charge < -0.3 is 10.6 Å². The molecule has 5 rings (SSSR count). The van der Waals surface area contributed by atoms with Gasteiger partial charge in [-0.1, -0.05) is 59.6 Å². The Morgan fingerprint density at radius 3 is 2.64 bits per heavy atom. The Hall–Kier alpha value is -3.57. The van der Waals surface area contributed by atoms with E-state index in [1.54, 1.807) is 24.5 Å². The number of halogens is 1. The first kappa shape index (κ1) is 27.0. The molecule has 4 heterocycles. The highest BCUT2D eigenvalue weighted by Crippen LogP contribution is 2.30. The average molecular weight is 580 g/mol. The van der Waals surface area contributed by atoms with Crippen LogP contribution in [0.5, 0.6) is 0 Å². The van der Waals surface area contributed by atoms with E-state index in [4.69, 9.17) is 16.6 Å². The van der Waals surface area contributed by atoms with Gasteiger partial charge in [-0.25, -0.2) is 13.4 Å². The number of carbonyl (C=O) groups excluding carboxylic acids is 1. The molecule has 8 nitrogen and oxygen atoms in total. The molecule has 0 unspecified atom stereocenters. The SMILES string of the molecule is Cc1ccc(-c2cc(CNC(=O)[C@@H]3C=CCN3S(=O)(=O)c3ccc(Cl)s3)cc(NCc3cccnc3)n2)cc1. The molecule has 1 aliphatic heterocycles. The van der Waals surface area contributed by atoms with Crippen LogP contribution < -0.4 is 10.6 Å². The van der Waals surface area contributed by atoms with Crippen LogP contribution in [-0.2, 0) is 27.9 Å². The van der Waals surface area contributed by atoms with Crippen molar-refractivity contribution in [2.24, 2.45) is 0 Å². The minimum Gasteiger partial charge on any atom is -0.366 e. The molecule has 0 spiro atoms. The second-order valence-corrected chi connectivity index (χ2v) is 12.9. The minimum absolute atomic E-state index is 0.107. The number of hydrogen-bond donors (Lipinski definition) is 2. The summed E-state index contributed by atoms with van der Waals surface area (Å²) < 4.78 is 27.9. The number of thiophene rings is 1. The number of sulfonamides is 1. The Morgan fingerprint density at radius 2 is 1.92 bits per heavy atom. The van der Waals surface area contributed by atoms with Gasteiger partial charge >= 0.3 is 0 Å². The highest BCUT2D eigenvalue weighted by molar-refractivity contribution is 7.91. The molecule has 1 aliphatic rings. The molecule has 1 atom stereocenters. The van der Waals surface area contributed by atoms with E-state index in [0.29, 0.717) is 16.7 Å². The average Bonchev–Trinajstić information content (AvgIpc) is 3.62. The van der Waals surface area contributed by atoms with E-state index in [1.165, 1.54) is 16.4 Å². The number of nitrogens with one attached hydrogen (secondary N) is 2. The van der Waals surface area contributed by atoms with Crippen LogP contribution in [-0.4, -0.2) is 41.2 Å². The summed E-state index contributed by atoms with van der Waals surface area (Å²) in [7, 11) is -3.86. The summed E-state index contributed by atoms with van der Waals surface area (Å²) in [6, 6.07) is 17.8. The van der Waals surface area contributed by atoms with Gasteiger partial charge in [-0.2, -0.15) is 4.31 Å². The molecule has 39 heavy (non-hydrogen) atoms. The fraction of sp³-hybridized carbons (Fsp3) is 0.179. The molecule has 11 heteroatoms. The van der Waals surface area contributed by atoms with Crippen molar-refractivity contribution in [1.29, 1.82) is 0 Å². The highest BCUT2D eigenvalue weighted by atomic mass is 35.5. The van der Waals surface area contributed by atoms with E-state index in [9.17, 15) is 13.2 Å². The van der Waals surface area contributed by atoms with Crippen LogP contribution in [0.3, 0.4) is 0 Å². The minimum atomic E-state index is -3.86. The largest absolute Gasteiger partial charge is 0.366 e. The number of benzene rings is 1. The summed E-state index contributed by atoms with van der Waals surface area (Å²) in [6.07, 6.45) is 6.80. The van der Waals surface area contributed by atoms with E-state index >= 15 is 0 Å². The Labute approximate surface area is 236 Å². The summed E-state index contributed by atoms with van der Waals surface area (Å²) in [5, 5.41) is 6.24. The summed E-state index contributed by atoms with van der Waals surface area (Å²) >= 11 is 6.92. The molecule has 0 saturated carbocycles. The third-order valence-corrected chi connectivity index (χ3v) is 9.74. The first-order valence-electron chi connectivity index (χ1n) is 12.2. The van der Waals surface area contributed by atoms with Crippen molar-refractivity contribution in [2.45, 2.75) is 30.3 Å². The van der Waals surface area contributed by atoms with Crippen LogP contribution in [0, 0.1) is 6.92 Å². The Kier molecular flexibility index (Phi) is 8.08. The number of pyridine rings is 2. The highest BCUT2D eigenvalue weighted by Gasteiger charge is 2.37. The molecule has 0 bridgehead atoms. The maximum atomic E-state index is 13.2. The van der Waals surface area contributed by atoms with Gasteiger partial charge in [0.15, 0.2) is 0 Å². The molecule has 1 aromatic carbocycles. The van der Waals surface area contributed by atoms with Crippen LogP contribution in [0.1, 0.15) is 16.7 Å². The summed E-state index contributed by atoms with van der Waals surface area (Å²) in [4.78, 5) is 22.1. The van der Waals surface area contributed by atoms with Crippen LogP contribution in [0.25, 0.3) is 11.3 Å². The second-order valence-electron chi connectivity index (χ2n) is 9.05. The number of hydrogen-bond acceptors (Lipinski definition) is 7. The van der Waals surface area contributed by atoms with Crippen molar-refractivity contribution in [3.05, 3.63) is 106 Å². The van der Waals surface area contributed by atoms with Gasteiger partial charge in [-0.05, 0) is 48.4 Å². The fourth-order valence-electron chi connectivity index (χ4n) is 4.16. The molecule has 2 N–H and O–H groups in total. The molecule has 1 amide bonds. The fourth-order valence-corrected chi connectivity index (χ4v) is 7.27. The van der Waals surface area contributed by atoms with E-state index in [2.05, 4.69) is 15.6 Å². The summed E-state index contributed by atoms with van der Waals surface area (Å²) in [6.45, 7) is 2.88. The third-order valence-electron chi connectivity index (χ3n) is 6.19. The summed E-state index contributed by atoms with van der Waals surface area (Å²) in [5.74, 6) is 0.245. The first-order valence-corrected chi connectivity index (χ1v) is 14.9. The van der Waals surface area contributed by atoms with Crippen LogP contribution >= 0.6 is 22.9 Å². The van der Waals surface area contributed by atoms with Crippen molar-refractivity contribution in [2.75, 3.05) is 11.9 Å². The molecule has 0 saturated heterocycles. The zero-order chi connectivity index (χ0) is 27.4. The van der Waals surface area contributed by atoms with Gasteiger partial charge in [-0.15, -0.1) is 11.3 Å². The van der Waals surface area contributed by atoms with Crippen molar-refractivity contribution < 1.29 is 13.2 Å². The van der Waals surface area contributed by atoms with Gasteiger partial charge in [0.05, 0.1) is 10.0 Å². The standard InChI is InChI=1S/C28H26ClN5O3S2/c1-19-6-8-22(9-7-19)23-14-21(15-26(33-23)31-17-20-4-2-12-30-16-20)18-32-28(35)24-5-3-13-34(24)39(36,37)27-11-10-25(29)38-27/h2-12,14-16,24H,13,17-18H2,1H3,(H,31,33)(H,32,35)/t24-/m0/s1. The lowest BCUT2D eigenvalue weighted by Crippen LogP contribution is -2.45. The van der Waals surface area contributed by atoms with Crippen molar-refractivity contribution in [1.82, 2.24) is 19.6 Å². The van der Waals surface area contributed by atoms with Gasteiger partial charge in [0, 0.05) is 37.6 Å². The van der Waals surface area contributed by atoms with Gasteiger partial charge in [0.2, 0.25) is 5.91 Å². The number of amides is 1. The van der Waals surface area contributed by atoms with E-state index in [0.717, 1.165) is 39.3 Å². The Balaban J connectivity index is 1.34. The van der Waals surface area contributed by atoms with Crippen LogP contribution in [0.2, 0.25) is 4.34 Å². The predicted octanol–water partition coefficient (Wildman–Crippen LogP) is 5.02. The predicted molar refractivity (Wildman–Crippen MR) is 154 cm³/mol. The van der Waals surface area contributed by atoms with Gasteiger partial charge in [0.1, 0.15) is 16.1 Å². The molecule has 0 fully saturated rings. The van der Waals surface area contributed by atoms with E-state index in [-0.39, 0.29) is 17.3 Å². The molecule has 3 aromatic heterocycles. The lowest BCUT2D eigenvalue weighted by atomic mass is 10.1. The first-order chi connectivity index (χ1) is 18.8. The zero-order valence-corrected chi connectivity index (χ0v) is 23.4. The normalized spacial score (nSPS) is 15.4. The molecule has 0 aliphatic carbocycles. The van der Waals surface area contributed by atoms with Gasteiger partial charge in [-0.3, -0.25) is 9.78 Å². The van der Waals surface area contributed by atoms with Crippen molar-refractivity contribution in [3.63, 3.8) is 0 Å². The number of aryl methyl sites for hydroxylation is 1. The quantitative estimate of drug-likeness (QED) is 0.270. The molecule has 0 radical (unpaired) electrons. The lowest BCUT2D eigenvalue weighted by molar-refractivity contribution is -0.123. The van der Waals surface area contributed by atoms with E-state index < -0.39 is 22.0 Å². The molecule has 4 aromatic rings. The third kappa shape index (κ3) is 6.36. The number of carbonyl (C=O) groups is 1. The number of nitrogens with zero attached hydrogens (tertiary/aromatic N) is 3. The maximum Gasteiger partial charge on any atom is 0.253 e. The molecular weight excluding hydrogens is 554 g/mol. The zero-order valence-electron chi connectivity index (χ0n) is 21.0. The van der Waals surface area contributed by atoms with Crippen molar-refractivity contribution in [3.8, 4) is 11.3 Å². The van der Waals surface area contributed by atoms with Gasteiger partial charge in [0.25, 0.3) is 10.0 Å². The molecule has 200 valence electrons. The Bertz CT molecular complexity index is 1610. The lowest BCUT2D eigenvalue weighted by Gasteiger charge is -2.22. The number of anilines is 1. The smallest absolute Gasteiger partial charge is 0.253 e. The maximum absolute atomic E-state index is 13.2. The summed E-state index contributed by atoms with van der Waals surface area (Å²) in [5.41, 5.74) is 4.69. The Morgan fingerprint density at radius 1 is 1.10 bits per heavy atom. The van der Waals surface area contributed by atoms with Crippen molar-refractivity contribution >= 4 is 44.7 Å². The van der Waals surface area contributed by atoms with E-state index in [1.807, 2.05) is 55.5 Å². The van der Waals surface area contributed by atoms with Crippen LogP contribution in [0.15, 0.2) is 89.4 Å². The number of rotatable bonds is 9.